The zero-order chi connectivity index (χ0) is 16.5. The maximum atomic E-state index is 12.0. The summed E-state index contributed by atoms with van der Waals surface area (Å²) in [5, 5.41) is 13.6. The van der Waals surface area contributed by atoms with E-state index < -0.39 is 16.8 Å². The number of carbonyl (C=O) groups is 2. The van der Waals surface area contributed by atoms with E-state index in [2.05, 4.69) is 17.0 Å². The third kappa shape index (κ3) is 5.16. The molecule has 0 saturated carbocycles. The zero-order valence-electron chi connectivity index (χ0n) is 12.8. The monoisotopic (exact) mass is 308 g/mol. The molecular weight excluding hydrogens is 288 g/mol. The lowest BCUT2D eigenvalue weighted by Crippen LogP contribution is -2.24. The summed E-state index contributed by atoms with van der Waals surface area (Å²) in [6.07, 6.45) is 4.05. The first-order valence-electron chi connectivity index (χ1n) is 7.15. The quantitative estimate of drug-likeness (QED) is 0.344. The first kappa shape index (κ1) is 17.6. The maximum Gasteiger partial charge on any atom is 0.338 e. The Morgan fingerprint density at radius 2 is 1.86 bits per heavy atom. The number of ether oxygens (including phenoxy) is 1. The lowest BCUT2D eigenvalue weighted by Gasteiger charge is -2.07. The number of methoxy groups -OCH3 is 1. The number of nitrogens with zero attached hydrogens (tertiary/aromatic N) is 1. The first-order valence-corrected chi connectivity index (χ1v) is 7.15. The van der Waals surface area contributed by atoms with E-state index in [1.807, 2.05) is 0 Å². The Bertz CT molecular complexity index is 557. The van der Waals surface area contributed by atoms with Gasteiger partial charge in [0, 0.05) is 24.2 Å². The van der Waals surface area contributed by atoms with Crippen LogP contribution >= 0.6 is 0 Å². The Morgan fingerprint density at radius 3 is 2.45 bits per heavy atom. The van der Waals surface area contributed by atoms with Gasteiger partial charge in [-0.25, -0.2) is 4.79 Å². The molecule has 0 aliphatic heterocycles. The van der Waals surface area contributed by atoms with Gasteiger partial charge in [-0.2, -0.15) is 0 Å². The van der Waals surface area contributed by atoms with Gasteiger partial charge in [-0.3, -0.25) is 14.9 Å². The fraction of sp³-hybridized carbons (Fsp3) is 0.467. The molecule has 0 radical (unpaired) electrons. The molecule has 0 spiro atoms. The molecule has 0 heterocycles. The van der Waals surface area contributed by atoms with Crippen LogP contribution in [0.15, 0.2) is 18.2 Å². The Balaban J connectivity index is 2.83. The fourth-order valence-corrected chi connectivity index (χ4v) is 1.94. The maximum absolute atomic E-state index is 12.0. The number of hydrogen-bond donors (Lipinski definition) is 1. The van der Waals surface area contributed by atoms with Crippen LogP contribution in [0.5, 0.6) is 0 Å². The van der Waals surface area contributed by atoms with Gasteiger partial charge in [0.1, 0.15) is 0 Å². The molecule has 1 aromatic carbocycles. The first-order chi connectivity index (χ1) is 10.5. The van der Waals surface area contributed by atoms with E-state index in [0.29, 0.717) is 6.54 Å². The van der Waals surface area contributed by atoms with Crippen LogP contribution < -0.4 is 5.32 Å². The molecule has 7 nitrogen and oxygen atoms in total. The average Bonchev–Trinajstić information content (AvgIpc) is 2.53. The molecule has 120 valence electrons. The number of amides is 1. The van der Waals surface area contributed by atoms with E-state index >= 15 is 0 Å². The van der Waals surface area contributed by atoms with Gasteiger partial charge in [-0.05, 0) is 12.5 Å². The van der Waals surface area contributed by atoms with Crippen molar-refractivity contribution >= 4 is 17.6 Å². The lowest BCUT2D eigenvalue weighted by molar-refractivity contribution is -0.384. The summed E-state index contributed by atoms with van der Waals surface area (Å²) >= 11 is 0. The lowest BCUT2D eigenvalue weighted by atomic mass is 10.1. The summed E-state index contributed by atoms with van der Waals surface area (Å²) in [4.78, 5) is 33.8. The van der Waals surface area contributed by atoms with Crippen molar-refractivity contribution in [3.05, 3.63) is 39.4 Å². The van der Waals surface area contributed by atoms with Crippen molar-refractivity contribution in [2.24, 2.45) is 0 Å². The van der Waals surface area contributed by atoms with Crippen LogP contribution in [0.1, 0.15) is 53.3 Å². The zero-order valence-corrected chi connectivity index (χ0v) is 12.8. The third-order valence-electron chi connectivity index (χ3n) is 3.13. The molecule has 0 aliphatic carbocycles. The topological polar surface area (TPSA) is 98.5 Å². The third-order valence-corrected chi connectivity index (χ3v) is 3.13. The standard InChI is InChI=1S/C15H20N2O5/c1-3-4-5-6-7-16-14(18)11-8-12(15(19)22-2)10-13(9-11)17(20)21/h8-10H,3-7H2,1-2H3,(H,16,18). The van der Waals surface area contributed by atoms with E-state index in [0.717, 1.165) is 37.8 Å². The van der Waals surface area contributed by atoms with Crippen molar-refractivity contribution in [1.29, 1.82) is 0 Å². The van der Waals surface area contributed by atoms with Crippen molar-refractivity contribution in [2.45, 2.75) is 32.6 Å². The molecular formula is C15H20N2O5. The molecule has 0 fully saturated rings. The number of carbonyl (C=O) groups excluding carboxylic acids is 2. The SMILES string of the molecule is CCCCCCNC(=O)c1cc(C(=O)OC)cc([N+](=O)[O-])c1. The Hall–Kier alpha value is -2.44. The highest BCUT2D eigenvalue weighted by Crippen LogP contribution is 2.18. The van der Waals surface area contributed by atoms with Crippen LogP contribution in [-0.4, -0.2) is 30.5 Å². The molecule has 0 aromatic heterocycles. The van der Waals surface area contributed by atoms with E-state index in [1.165, 1.54) is 13.2 Å². The summed E-state index contributed by atoms with van der Waals surface area (Å²) in [5.41, 5.74) is -0.267. The van der Waals surface area contributed by atoms with Crippen LogP contribution in [0, 0.1) is 10.1 Å². The second-order valence-electron chi connectivity index (χ2n) is 4.83. The van der Waals surface area contributed by atoms with Crippen molar-refractivity contribution in [2.75, 3.05) is 13.7 Å². The molecule has 1 N–H and O–H groups in total. The predicted octanol–water partition coefficient (Wildman–Crippen LogP) is 2.69. The second-order valence-corrected chi connectivity index (χ2v) is 4.83. The van der Waals surface area contributed by atoms with E-state index in [1.54, 1.807) is 0 Å². The molecule has 0 atom stereocenters. The fourth-order valence-electron chi connectivity index (χ4n) is 1.94. The molecule has 0 aliphatic rings. The smallest absolute Gasteiger partial charge is 0.338 e. The van der Waals surface area contributed by atoms with Crippen LogP contribution in [0.2, 0.25) is 0 Å². The minimum absolute atomic E-state index is 0.0205. The largest absolute Gasteiger partial charge is 0.465 e. The van der Waals surface area contributed by atoms with Gasteiger partial charge in [0.15, 0.2) is 0 Å². The highest BCUT2D eigenvalue weighted by Gasteiger charge is 2.18. The minimum Gasteiger partial charge on any atom is -0.465 e. The van der Waals surface area contributed by atoms with Crippen molar-refractivity contribution < 1.29 is 19.2 Å². The van der Waals surface area contributed by atoms with Gasteiger partial charge in [-0.1, -0.05) is 26.2 Å². The molecule has 1 amide bonds. The number of unbranched alkanes of at least 4 members (excludes halogenated alkanes) is 3. The normalized spacial score (nSPS) is 10.1. The van der Waals surface area contributed by atoms with Gasteiger partial charge >= 0.3 is 5.97 Å². The number of nitro groups is 1. The van der Waals surface area contributed by atoms with Crippen LogP contribution in [0.4, 0.5) is 5.69 Å². The second kappa shape index (κ2) is 8.76. The molecule has 22 heavy (non-hydrogen) atoms. The molecule has 7 heteroatoms. The number of non-ortho nitro benzene ring substituents is 1. The number of esters is 1. The number of benzene rings is 1. The van der Waals surface area contributed by atoms with Gasteiger partial charge < -0.3 is 10.1 Å². The minimum atomic E-state index is -0.722. The van der Waals surface area contributed by atoms with Crippen molar-refractivity contribution in [3.8, 4) is 0 Å². The van der Waals surface area contributed by atoms with E-state index in [-0.39, 0.29) is 16.8 Å². The van der Waals surface area contributed by atoms with Crippen molar-refractivity contribution in [1.82, 2.24) is 5.32 Å². The van der Waals surface area contributed by atoms with Crippen LogP contribution in [0.25, 0.3) is 0 Å². The van der Waals surface area contributed by atoms with Gasteiger partial charge in [0.2, 0.25) is 0 Å². The molecule has 1 aromatic rings. The van der Waals surface area contributed by atoms with E-state index in [9.17, 15) is 19.7 Å². The van der Waals surface area contributed by atoms with Crippen molar-refractivity contribution in [3.63, 3.8) is 0 Å². The summed E-state index contributed by atoms with van der Waals surface area (Å²) in [7, 11) is 1.18. The highest BCUT2D eigenvalue weighted by atomic mass is 16.6. The summed E-state index contributed by atoms with van der Waals surface area (Å²) < 4.78 is 4.54. The summed E-state index contributed by atoms with van der Waals surface area (Å²) in [5.74, 6) is -1.16. The van der Waals surface area contributed by atoms with E-state index in [4.69, 9.17) is 0 Å². The number of nitrogens with one attached hydrogen (secondary N) is 1. The summed E-state index contributed by atoms with van der Waals surface area (Å²) in [6, 6.07) is 3.53. The number of hydrogen-bond acceptors (Lipinski definition) is 5. The Labute approximate surface area is 128 Å². The molecule has 0 saturated heterocycles. The predicted molar refractivity (Wildman–Crippen MR) is 80.9 cm³/mol. The number of nitro benzene ring substituents is 1. The molecule has 1 rings (SSSR count). The van der Waals surface area contributed by atoms with Crippen LogP contribution in [0.3, 0.4) is 0 Å². The Morgan fingerprint density at radius 1 is 1.18 bits per heavy atom. The average molecular weight is 308 g/mol. The van der Waals surface area contributed by atoms with Gasteiger partial charge in [-0.15, -0.1) is 0 Å². The Kier molecular flexibility index (Phi) is 7.01. The van der Waals surface area contributed by atoms with Crippen LogP contribution in [-0.2, 0) is 4.74 Å². The van der Waals surface area contributed by atoms with Gasteiger partial charge in [0.05, 0.1) is 17.6 Å². The van der Waals surface area contributed by atoms with Gasteiger partial charge in [0.25, 0.3) is 11.6 Å². The summed E-state index contributed by atoms with van der Waals surface area (Å²) in [6.45, 7) is 2.59. The molecule has 0 unspecified atom stereocenters. The molecule has 0 bridgehead atoms. The highest BCUT2D eigenvalue weighted by molar-refractivity contribution is 5.98. The number of rotatable bonds is 8.